The van der Waals surface area contributed by atoms with Crippen LogP contribution in [-0.2, 0) is 11.2 Å². The van der Waals surface area contributed by atoms with Gasteiger partial charge in [0.25, 0.3) is 17.7 Å². The fraction of sp³-hybridized carbons (Fsp3) is 0.0870. The number of amides is 3. The normalized spacial score (nSPS) is 11.2. The Morgan fingerprint density at radius 1 is 0.733 bits per heavy atom. The van der Waals surface area contributed by atoms with Gasteiger partial charge >= 0.3 is 0 Å². The van der Waals surface area contributed by atoms with Gasteiger partial charge in [0.05, 0.1) is 5.56 Å². The molecule has 6 nitrogen and oxygen atoms in total. The molecule has 3 aromatic rings. The van der Waals surface area contributed by atoms with Gasteiger partial charge < -0.3 is 5.32 Å². The lowest BCUT2D eigenvalue weighted by Crippen LogP contribution is -2.53. The van der Waals surface area contributed by atoms with Crippen LogP contribution < -0.4 is 16.2 Å². The molecule has 1 atom stereocenters. The maximum Gasteiger partial charge on any atom is 0.272 e. The maximum atomic E-state index is 13.7. The van der Waals surface area contributed by atoms with Crippen LogP contribution in [0.15, 0.2) is 84.9 Å². The number of hydrazine groups is 1. The second-order valence-electron chi connectivity index (χ2n) is 6.51. The zero-order valence-electron chi connectivity index (χ0n) is 16.0. The summed E-state index contributed by atoms with van der Waals surface area (Å²) in [6.45, 7) is 0. The average Bonchev–Trinajstić information content (AvgIpc) is 2.78. The second-order valence-corrected chi connectivity index (χ2v) is 6.51. The molecule has 0 saturated carbocycles. The minimum absolute atomic E-state index is 0.203. The van der Waals surface area contributed by atoms with Crippen LogP contribution in [0.4, 0.5) is 4.39 Å². The van der Waals surface area contributed by atoms with Crippen LogP contribution in [0.25, 0.3) is 0 Å². The molecule has 0 aliphatic rings. The van der Waals surface area contributed by atoms with Crippen molar-refractivity contribution in [2.24, 2.45) is 0 Å². The molecule has 7 heteroatoms. The van der Waals surface area contributed by atoms with E-state index >= 15 is 0 Å². The van der Waals surface area contributed by atoms with E-state index in [0.29, 0.717) is 5.56 Å². The molecular formula is C23H20FN3O3. The Balaban J connectivity index is 1.70. The minimum atomic E-state index is -0.957. The SMILES string of the molecule is O=C(N[C@@H](Cc1ccccc1)C(=O)NNC(=O)c1ccccc1F)c1ccccc1. The zero-order chi connectivity index (χ0) is 21.3. The Hall–Kier alpha value is -4.00. The molecule has 0 aromatic heterocycles. The molecule has 0 saturated heterocycles. The van der Waals surface area contributed by atoms with Crippen molar-refractivity contribution >= 4 is 17.7 Å². The highest BCUT2D eigenvalue weighted by molar-refractivity contribution is 5.99. The van der Waals surface area contributed by atoms with Crippen molar-refractivity contribution < 1.29 is 18.8 Å². The summed E-state index contributed by atoms with van der Waals surface area (Å²) in [6, 6.07) is 22.1. The fourth-order valence-electron chi connectivity index (χ4n) is 2.81. The van der Waals surface area contributed by atoms with Gasteiger partial charge in [-0.1, -0.05) is 60.7 Å². The molecule has 0 fully saturated rings. The van der Waals surface area contributed by atoms with Crippen molar-refractivity contribution in [2.75, 3.05) is 0 Å². The van der Waals surface area contributed by atoms with E-state index in [2.05, 4.69) is 16.2 Å². The molecule has 3 amide bonds. The van der Waals surface area contributed by atoms with Gasteiger partial charge in [-0.3, -0.25) is 25.2 Å². The Morgan fingerprint density at radius 3 is 2.00 bits per heavy atom. The first-order valence-corrected chi connectivity index (χ1v) is 9.29. The molecule has 152 valence electrons. The van der Waals surface area contributed by atoms with Crippen LogP contribution in [0.5, 0.6) is 0 Å². The molecule has 0 spiro atoms. The highest BCUT2D eigenvalue weighted by atomic mass is 19.1. The number of benzene rings is 3. The third-order valence-electron chi connectivity index (χ3n) is 4.36. The quantitative estimate of drug-likeness (QED) is 0.551. The largest absolute Gasteiger partial charge is 0.340 e. The molecule has 0 aliphatic carbocycles. The van der Waals surface area contributed by atoms with Crippen LogP contribution in [-0.4, -0.2) is 23.8 Å². The summed E-state index contributed by atoms with van der Waals surface area (Å²) >= 11 is 0. The number of hydrogen-bond donors (Lipinski definition) is 3. The molecular weight excluding hydrogens is 385 g/mol. The lowest BCUT2D eigenvalue weighted by Gasteiger charge is -2.19. The van der Waals surface area contributed by atoms with E-state index in [1.807, 2.05) is 30.3 Å². The van der Waals surface area contributed by atoms with Gasteiger partial charge in [-0.25, -0.2) is 4.39 Å². The summed E-state index contributed by atoms with van der Waals surface area (Å²) in [5.74, 6) is -2.56. The fourth-order valence-corrected chi connectivity index (χ4v) is 2.81. The van der Waals surface area contributed by atoms with Crippen molar-refractivity contribution in [1.29, 1.82) is 0 Å². The van der Waals surface area contributed by atoms with Gasteiger partial charge in [-0.15, -0.1) is 0 Å². The van der Waals surface area contributed by atoms with Gasteiger partial charge in [0.1, 0.15) is 11.9 Å². The number of halogens is 1. The minimum Gasteiger partial charge on any atom is -0.340 e. The predicted molar refractivity (Wildman–Crippen MR) is 110 cm³/mol. The van der Waals surface area contributed by atoms with E-state index < -0.39 is 29.6 Å². The molecule has 3 N–H and O–H groups in total. The van der Waals surface area contributed by atoms with E-state index in [1.54, 1.807) is 30.3 Å². The molecule has 0 aliphatic heterocycles. The van der Waals surface area contributed by atoms with Gasteiger partial charge in [0.15, 0.2) is 0 Å². The Bertz CT molecular complexity index is 1030. The molecule has 3 rings (SSSR count). The van der Waals surface area contributed by atoms with Crippen molar-refractivity contribution in [2.45, 2.75) is 12.5 Å². The molecule has 0 heterocycles. The third-order valence-corrected chi connectivity index (χ3v) is 4.36. The summed E-state index contributed by atoms with van der Waals surface area (Å²) in [5.41, 5.74) is 5.48. The summed E-state index contributed by atoms with van der Waals surface area (Å²) in [7, 11) is 0. The Labute approximate surface area is 173 Å². The Morgan fingerprint density at radius 2 is 1.33 bits per heavy atom. The van der Waals surface area contributed by atoms with Crippen LogP contribution >= 0.6 is 0 Å². The smallest absolute Gasteiger partial charge is 0.272 e. The predicted octanol–water partition coefficient (Wildman–Crippen LogP) is 2.63. The molecule has 0 bridgehead atoms. The lowest BCUT2D eigenvalue weighted by molar-refractivity contribution is -0.123. The first kappa shape index (κ1) is 20.7. The van der Waals surface area contributed by atoms with Crippen LogP contribution in [0.2, 0.25) is 0 Å². The van der Waals surface area contributed by atoms with Gasteiger partial charge in [0, 0.05) is 12.0 Å². The van der Waals surface area contributed by atoms with Crippen molar-refractivity contribution in [3.05, 3.63) is 107 Å². The summed E-state index contributed by atoms with van der Waals surface area (Å²) < 4.78 is 13.7. The van der Waals surface area contributed by atoms with Gasteiger partial charge in [-0.2, -0.15) is 0 Å². The van der Waals surface area contributed by atoms with E-state index in [0.717, 1.165) is 11.6 Å². The van der Waals surface area contributed by atoms with Crippen LogP contribution in [0.3, 0.4) is 0 Å². The summed E-state index contributed by atoms with van der Waals surface area (Å²) in [4.78, 5) is 37.4. The van der Waals surface area contributed by atoms with Crippen molar-refractivity contribution in [3.63, 3.8) is 0 Å². The molecule has 30 heavy (non-hydrogen) atoms. The van der Waals surface area contributed by atoms with E-state index in [4.69, 9.17) is 0 Å². The first-order valence-electron chi connectivity index (χ1n) is 9.29. The molecule has 0 radical (unpaired) electrons. The van der Waals surface area contributed by atoms with Gasteiger partial charge in [-0.05, 0) is 29.8 Å². The van der Waals surface area contributed by atoms with Crippen molar-refractivity contribution in [3.8, 4) is 0 Å². The monoisotopic (exact) mass is 405 g/mol. The van der Waals surface area contributed by atoms with Crippen LogP contribution in [0.1, 0.15) is 26.3 Å². The van der Waals surface area contributed by atoms with E-state index in [1.165, 1.54) is 18.2 Å². The standard InChI is InChI=1S/C23H20FN3O3/c24-19-14-8-7-13-18(19)22(29)26-27-23(30)20(15-16-9-3-1-4-10-16)25-21(28)17-11-5-2-6-12-17/h1-14,20H,15H2,(H,25,28)(H,26,29)(H,27,30)/t20-/m0/s1. The number of rotatable bonds is 6. The first-order chi connectivity index (χ1) is 14.5. The van der Waals surface area contributed by atoms with Crippen molar-refractivity contribution in [1.82, 2.24) is 16.2 Å². The van der Waals surface area contributed by atoms with Gasteiger partial charge in [0.2, 0.25) is 0 Å². The number of nitrogens with one attached hydrogen (secondary N) is 3. The number of carbonyl (C=O) groups is 3. The second kappa shape index (κ2) is 9.97. The average molecular weight is 405 g/mol. The van der Waals surface area contributed by atoms with E-state index in [9.17, 15) is 18.8 Å². The Kier molecular flexibility index (Phi) is 6.89. The molecule has 3 aromatic carbocycles. The summed E-state index contributed by atoms with van der Waals surface area (Å²) in [5, 5.41) is 2.68. The third kappa shape index (κ3) is 5.51. The summed E-state index contributed by atoms with van der Waals surface area (Å²) in [6.07, 6.45) is 0.209. The zero-order valence-corrected chi connectivity index (χ0v) is 16.0. The van der Waals surface area contributed by atoms with E-state index in [-0.39, 0.29) is 12.0 Å². The highest BCUT2D eigenvalue weighted by Gasteiger charge is 2.23. The molecule has 0 unspecified atom stereocenters. The number of hydrogen-bond acceptors (Lipinski definition) is 3. The lowest BCUT2D eigenvalue weighted by atomic mass is 10.0. The topological polar surface area (TPSA) is 87.3 Å². The van der Waals surface area contributed by atoms with Crippen LogP contribution in [0, 0.1) is 5.82 Å². The highest BCUT2D eigenvalue weighted by Crippen LogP contribution is 2.07. The maximum absolute atomic E-state index is 13.7. The number of carbonyl (C=O) groups excluding carboxylic acids is 3.